The Morgan fingerprint density at radius 2 is 2.10 bits per heavy atom. The highest BCUT2D eigenvalue weighted by molar-refractivity contribution is 6.32. The van der Waals surface area contributed by atoms with Crippen molar-refractivity contribution in [2.24, 2.45) is 5.10 Å². The summed E-state index contributed by atoms with van der Waals surface area (Å²) in [7, 11) is 0. The fraction of sp³-hybridized carbons (Fsp3) is 0.0833. The van der Waals surface area contributed by atoms with E-state index in [9.17, 15) is 13.6 Å². The molecule has 0 spiro atoms. The maximum Gasteiger partial charge on any atom is 0.387 e. The maximum absolute atomic E-state index is 12.0. The van der Waals surface area contributed by atoms with Crippen LogP contribution in [0.1, 0.15) is 5.56 Å². The Morgan fingerprint density at radius 1 is 1.38 bits per heavy atom. The predicted octanol–water partition coefficient (Wildman–Crippen LogP) is 2.47. The number of alkyl halides is 2. The summed E-state index contributed by atoms with van der Waals surface area (Å²) in [6.07, 6.45) is 2.73. The number of anilines is 1. The molecule has 2 aromatic rings. The van der Waals surface area contributed by atoms with Crippen molar-refractivity contribution in [2.45, 2.75) is 6.61 Å². The normalized spacial score (nSPS) is 11.0. The van der Waals surface area contributed by atoms with Gasteiger partial charge in [0, 0.05) is 0 Å². The van der Waals surface area contributed by atoms with Crippen molar-refractivity contribution in [1.29, 1.82) is 0 Å². The first-order valence-electron chi connectivity index (χ1n) is 5.63. The molecule has 2 N–H and O–H groups in total. The summed E-state index contributed by atoms with van der Waals surface area (Å²) in [5.74, 6) is 0.0527. The molecule has 9 heteroatoms. The topological polar surface area (TPSA) is 79.4 Å². The molecule has 0 saturated heterocycles. The molecule has 0 atom stereocenters. The van der Waals surface area contributed by atoms with Gasteiger partial charge < -0.3 is 4.74 Å². The van der Waals surface area contributed by atoms with Gasteiger partial charge in [-0.15, -0.1) is 0 Å². The Morgan fingerprint density at radius 3 is 2.76 bits per heavy atom. The largest absolute Gasteiger partial charge is 0.435 e. The van der Waals surface area contributed by atoms with Crippen molar-refractivity contribution in [2.75, 3.05) is 5.43 Å². The van der Waals surface area contributed by atoms with Gasteiger partial charge in [0.15, 0.2) is 0 Å². The van der Waals surface area contributed by atoms with Crippen LogP contribution >= 0.6 is 11.6 Å². The van der Waals surface area contributed by atoms with Gasteiger partial charge in [-0.3, -0.25) is 10.2 Å². The van der Waals surface area contributed by atoms with E-state index in [4.69, 9.17) is 11.6 Å². The molecule has 0 saturated carbocycles. The number of nitrogens with zero attached hydrogens (tertiary/aromatic N) is 2. The lowest BCUT2D eigenvalue weighted by Crippen LogP contribution is -2.10. The number of ether oxygens (including phenoxy) is 1. The standard InChI is InChI=1S/C12H9ClF2N4O2/c13-10-9(6-17-19-11(10)20)18-16-5-7-1-3-8(4-2-7)21-12(14)15/h1-6,12H,(H2,18,19,20)/b16-5-. The Labute approximate surface area is 122 Å². The van der Waals surface area contributed by atoms with Crippen LogP contribution < -0.4 is 15.7 Å². The van der Waals surface area contributed by atoms with Crippen LogP contribution in [0.3, 0.4) is 0 Å². The number of aromatic nitrogens is 2. The number of halogens is 3. The summed E-state index contributed by atoms with van der Waals surface area (Å²) in [6.45, 7) is -2.86. The molecule has 0 unspecified atom stereocenters. The van der Waals surface area contributed by atoms with Gasteiger partial charge in [-0.1, -0.05) is 11.6 Å². The molecule has 0 amide bonds. The van der Waals surface area contributed by atoms with Gasteiger partial charge in [0.1, 0.15) is 16.5 Å². The summed E-state index contributed by atoms with van der Waals surface area (Å²) in [5.41, 5.74) is 2.90. The molecule has 0 bridgehead atoms. The van der Waals surface area contributed by atoms with E-state index in [2.05, 4.69) is 25.5 Å². The number of H-pyrrole nitrogens is 1. The fourth-order valence-corrected chi connectivity index (χ4v) is 1.51. The van der Waals surface area contributed by atoms with E-state index in [1.165, 1.54) is 24.5 Å². The van der Waals surface area contributed by atoms with Crippen LogP contribution in [-0.2, 0) is 0 Å². The van der Waals surface area contributed by atoms with E-state index in [-0.39, 0.29) is 16.5 Å². The third-order valence-corrected chi connectivity index (χ3v) is 2.67. The van der Waals surface area contributed by atoms with Crippen molar-refractivity contribution < 1.29 is 13.5 Å². The van der Waals surface area contributed by atoms with E-state index in [0.717, 1.165) is 0 Å². The van der Waals surface area contributed by atoms with Gasteiger partial charge in [0.2, 0.25) is 0 Å². The maximum atomic E-state index is 12.0. The van der Waals surface area contributed by atoms with Crippen LogP contribution in [0.4, 0.5) is 14.5 Å². The number of hydrogen-bond donors (Lipinski definition) is 2. The van der Waals surface area contributed by atoms with Gasteiger partial charge in [-0.2, -0.15) is 19.0 Å². The average molecular weight is 315 g/mol. The number of benzene rings is 1. The van der Waals surface area contributed by atoms with E-state index < -0.39 is 12.2 Å². The fourth-order valence-electron chi connectivity index (χ4n) is 1.37. The SMILES string of the molecule is O=c1[nH]ncc(N/N=C\c2ccc(OC(F)F)cc2)c1Cl. The molecule has 0 aliphatic carbocycles. The second kappa shape index (κ2) is 6.80. The van der Waals surface area contributed by atoms with Crippen molar-refractivity contribution >= 4 is 23.5 Å². The van der Waals surface area contributed by atoms with Crippen LogP contribution in [0.25, 0.3) is 0 Å². The molecule has 1 heterocycles. The molecule has 6 nitrogen and oxygen atoms in total. The second-order valence-corrected chi connectivity index (χ2v) is 4.12. The van der Waals surface area contributed by atoms with Crippen LogP contribution in [-0.4, -0.2) is 23.0 Å². The molecule has 21 heavy (non-hydrogen) atoms. The van der Waals surface area contributed by atoms with E-state index in [1.54, 1.807) is 12.1 Å². The Hall–Kier alpha value is -2.48. The third kappa shape index (κ3) is 4.25. The molecule has 0 aliphatic heterocycles. The number of hydrazone groups is 1. The minimum absolute atomic E-state index is 0.0527. The van der Waals surface area contributed by atoms with E-state index >= 15 is 0 Å². The summed E-state index contributed by atoms with van der Waals surface area (Å²) in [5, 5.41) is 9.53. The second-order valence-electron chi connectivity index (χ2n) is 3.74. The predicted molar refractivity (Wildman–Crippen MR) is 74.2 cm³/mol. The molecule has 0 radical (unpaired) electrons. The first-order chi connectivity index (χ1) is 10.1. The zero-order valence-electron chi connectivity index (χ0n) is 10.4. The van der Waals surface area contributed by atoms with Crippen molar-refractivity contribution in [3.63, 3.8) is 0 Å². The summed E-state index contributed by atoms with van der Waals surface area (Å²) < 4.78 is 28.2. The smallest absolute Gasteiger partial charge is 0.387 e. The zero-order valence-corrected chi connectivity index (χ0v) is 11.1. The highest BCUT2D eigenvalue weighted by atomic mass is 35.5. The minimum Gasteiger partial charge on any atom is -0.435 e. The van der Waals surface area contributed by atoms with Crippen LogP contribution in [0.15, 0.2) is 40.4 Å². The van der Waals surface area contributed by atoms with Crippen molar-refractivity contribution in [1.82, 2.24) is 10.2 Å². The molecule has 1 aromatic carbocycles. The van der Waals surface area contributed by atoms with Crippen molar-refractivity contribution in [3.05, 3.63) is 51.4 Å². The highest BCUT2D eigenvalue weighted by Crippen LogP contribution is 2.15. The number of hydrogen-bond acceptors (Lipinski definition) is 5. The number of nitrogens with one attached hydrogen (secondary N) is 2. The third-order valence-electron chi connectivity index (χ3n) is 2.30. The molecule has 0 aliphatic rings. The highest BCUT2D eigenvalue weighted by Gasteiger charge is 2.04. The van der Waals surface area contributed by atoms with Gasteiger partial charge in [0.05, 0.1) is 12.4 Å². The van der Waals surface area contributed by atoms with Crippen molar-refractivity contribution in [3.8, 4) is 5.75 Å². The van der Waals surface area contributed by atoms with E-state index in [0.29, 0.717) is 5.56 Å². The monoisotopic (exact) mass is 314 g/mol. The Kier molecular flexibility index (Phi) is 4.83. The average Bonchev–Trinajstić information content (AvgIpc) is 2.45. The minimum atomic E-state index is -2.86. The summed E-state index contributed by atoms with van der Waals surface area (Å²) >= 11 is 5.74. The van der Waals surface area contributed by atoms with E-state index in [1.807, 2.05) is 0 Å². The van der Waals surface area contributed by atoms with Gasteiger partial charge >= 0.3 is 6.61 Å². The molecular formula is C12H9ClF2N4O2. The lowest BCUT2D eigenvalue weighted by molar-refractivity contribution is -0.0498. The molecule has 2 rings (SSSR count). The van der Waals surface area contributed by atoms with Gasteiger partial charge in [-0.25, -0.2) is 5.10 Å². The van der Waals surface area contributed by atoms with Gasteiger partial charge in [0.25, 0.3) is 5.56 Å². The molecular weight excluding hydrogens is 306 g/mol. The van der Waals surface area contributed by atoms with Crippen LogP contribution in [0.5, 0.6) is 5.75 Å². The Bertz CT molecular complexity index is 688. The molecule has 1 aromatic heterocycles. The lowest BCUT2D eigenvalue weighted by atomic mass is 10.2. The number of aromatic amines is 1. The first kappa shape index (κ1) is 14.9. The quantitative estimate of drug-likeness (QED) is 0.656. The Balaban J connectivity index is 2.01. The zero-order chi connectivity index (χ0) is 15.2. The molecule has 0 fully saturated rings. The van der Waals surface area contributed by atoms with Crippen LogP contribution in [0.2, 0.25) is 5.02 Å². The molecule has 110 valence electrons. The summed E-state index contributed by atoms with van der Waals surface area (Å²) in [4.78, 5) is 11.2. The number of rotatable bonds is 5. The first-order valence-corrected chi connectivity index (χ1v) is 6.01. The van der Waals surface area contributed by atoms with Crippen LogP contribution in [0, 0.1) is 0 Å². The van der Waals surface area contributed by atoms with Gasteiger partial charge in [-0.05, 0) is 29.8 Å². The summed E-state index contributed by atoms with van der Waals surface area (Å²) in [6, 6.07) is 5.85. The lowest BCUT2D eigenvalue weighted by Gasteiger charge is -2.04.